The first-order valence-electron chi connectivity index (χ1n) is 5.58. The third-order valence-corrected chi connectivity index (χ3v) is 2.79. The molecule has 0 saturated carbocycles. The largest absolute Gasteiger partial charge is 1.00 e. The average molecular weight is 275 g/mol. The fraction of sp³-hybridized carbons (Fsp3) is 0. The van der Waals surface area contributed by atoms with Crippen LogP contribution >= 0.6 is 0 Å². The predicted octanol–water partition coefficient (Wildman–Crippen LogP) is 0.796. The van der Waals surface area contributed by atoms with Crippen molar-refractivity contribution >= 4 is 11.0 Å². The predicted molar refractivity (Wildman–Crippen MR) is 69.4 cm³/mol. The molecule has 0 atom stereocenters. The van der Waals surface area contributed by atoms with Gasteiger partial charge in [-0.1, -0.05) is 12.1 Å². The molecule has 96 valence electrons. The molecule has 2 aromatic carbocycles. The summed E-state index contributed by atoms with van der Waals surface area (Å²) in [6.45, 7) is 0. The van der Waals surface area contributed by atoms with Gasteiger partial charge in [-0.25, -0.2) is 4.42 Å². The molecule has 0 saturated heterocycles. The van der Waals surface area contributed by atoms with E-state index in [1.165, 1.54) is 0 Å². The first kappa shape index (κ1) is 13.2. The van der Waals surface area contributed by atoms with Crippen molar-refractivity contribution in [3.63, 3.8) is 0 Å². The highest BCUT2D eigenvalue weighted by Gasteiger charge is 2.20. The minimum absolute atomic E-state index is 0. The van der Waals surface area contributed by atoms with Crippen LogP contribution in [-0.2, 0) is 0 Å². The van der Waals surface area contributed by atoms with E-state index in [4.69, 9.17) is 4.42 Å². The molecule has 0 fully saturated rings. The highest BCUT2D eigenvalue weighted by Crippen LogP contribution is 2.33. The lowest BCUT2D eigenvalue weighted by Crippen LogP contribution is -3.00. The Morgan fingerprint density at radius 3 is 2.26 bits per heavy atom. The lowest BCUT2D eigenvalue weighted by atomic mass is 10.1. The zero-order valence-electron chi connectivity index (χ0n) is 9.88. The van der Waals surface area contributed by atoms with Crippen molar-refractivity contribution in [2.24, 2.45) is 0 Å². The van der Waals surface area contributed by atoms with Crippen LogP contribution in [0, 0.1) is 0 Å². The molecule has 1 heterocycles. The number of benzene rings is 2. The third-order valence-electron chi connectivity index (χ3n) is 2.79. The minimum atomic E-state index is 0. The summed E-state index contributed by atoms with van der Waals surface area (Å²) in [7, 11) is 0. The van der Waals surface area contributed by atoms with E-state index in [1.54, 1.807) is 30.3 Å². The summed E-state index contributed by atoms with van der Waals surface area (Å²) in [6, 6.07) is 15.7. The Bertz CT molecular complexity index is 708. The van der Waals surface area contributed by atoms with Crippen LogP contribution in [0.3, 0.4) is 0 Å². The van der Waals surface area contributed by atoms with Crippen LogP contribution in [0.25, 0.3) is 22.3 Å². The lowest BCUT2D eigenvalue weighted by molar-refractivity contribution is -0.00000592. The number of rotatable bonds is 1. The summed E-state index contributed by atoms with van der Waals surface area (Å²) in [6.07, 6.45) is 0. The summed E-state index contributed by atoms with van der Waals surface area (Å²) in [5.74, 6) is 0.659. The van der Waals surface area contributed by atoms with E-state index >= 15 is 0 Å². The van der Waals surface area contributed by atoms with Crippen LogP contribution in [-0.4, -0.2) is 10.2 Å². The fourth-order valence-electron chi connectivity index (χ4n) is 1.89. The van der Waals surface area contributed by atoms with Crippen LogP contribution in [0.4, 0.5) is 0 Å². The molecule has 0 spiro atoms. The molecule has 0 aliphatic carbocycles. The molecule has 0 radical (unpaired) electrons. The van der Waals surface area contributed by atoms with Crippen molar-refractivity contribution in [3.05, 3.63) is 54.6 Å². The quantitative estimate of drug-likeness (QED) is 0.646. The highest BCUT2D eigenvalue weighted by atomic mass is 35.5. The van der Waals surface area contributed by atoms with Gasteiger partial charge in [-0.15, -0.1) is 0 Å². The summed E-state index contributed by atoms with van der Waals surface area (Å²) in [5, 5.41) is 20.1. The molecule has 3 rings (SSSR count). The summed E-state index contributed by atoms with van der Waals surface area (Å²) in [4.78, 5) is 0. The van der Waals surface area contributed by atoms with Crippen molar-refractivity contribution in [2.45, 2.75) is 0 Å². The van der Waals surface area contributed by atoms with Gasteiger partial charge in [0.1, 0.15) is 5.75 Å². The topological polar surface area (TPSA) is 51.8 Å². The highest BCUT2D eigenvalue weighted by molar-refractivity contribution is 5.81. The second kappa shape index (κ2) is 5.16. The van der Waals surface area contributed by atoms with Crippen molar-refractivity contribution in [3.8, 4) is 22.8 Å². The van der Waals surface area contributed by atoms with Crippen LogP contribution < -0.4 is 12.4 Å². The molecule has 19 heavy (non-hydrogen) atoms. The zero-order chi connectivity index (χ0) is 12.5. The number of hydrogen-bond acceptors (Lipinski definition) is 2. The van der Waals surface area contributed by atoms with Gasteiger partial charge in [-0.3, -0.25) is 0 Å². The first-order valence-corrected chi connectivity index (χ1v) is 5.58. The smallest absolute Gasteiger partial charge is 0.401 e. The normalized spacial score (nSPS) is 10.1. The molecule has 0 amide bonds. The fourth-order valence-corrected chi connectivity index (χ4v) is 1.89. The molecule has 3 aromatic rings. The molecule has 0 unspecified atom stereocenters. The van der Waals surface area contributed by atoms with Gasteiger partial charge < -0.3 is 22.6 Å². The van der Waals surface area contributed by atoms with Crippen molar-refractivity contribution in [2.75, 3.05) is 0 Å². The van der Waals surface area contributed by atoms with Gasteiger partial charge in [0.25, 0.3) is 0 Å². The molecule has 3 nitrogen and oxygen atoms in total. The van der Waals surface area contributed by atoms with Crippen LogP contribution in [0.1, 0.15) is 0 Å². The molecule has 0 bridgehead atoms. The van der Waals surface area contributed by atoms with Gasteiger partial charge in [-0.2, -0.15) is 0 Å². The minimum Gasteiger partial charge on any atom is -1.00 e. The second-order valence-electron chi connectivity index (χ2n) is 4.05. The molecular weight excluding hydrogens is 264 g/mol. The third kappa shape index (κ3) is 2.46. The van der Waals surface area contributed by atoms with Gasteiger partial charge in [0.2, 0.25) is 5.75 Å². The van der Waals surface area contributed by atoms with E-state index in [1.807, 2.05) is 24.3 Å². The standard InChI is InChI=1S/C15H10O3.ClH/c16-12-7-5-10(6-8-12)15-13(17)9-11-3-1-2-4-14(11)18-15;/h1-9H,(H-,16,17);1H. The number of phenols is 1. The molecule has 1 aromatic heterocycles. The molecular formula is C15H11ClO3. The Kier molecular flexibility index (Phi) is 3.58. The maximum absolute atomic E-state index is 9.98. The maximum Gasteiger partial charge on any atom is 0.401 e. The Balaban J connectivity index is 0.00000133. The second-order valence-corrected chi connectivity index (χ2v) is 4.05. The maximum atomic E-state index is 9.98. The van der Waals surface area contributed by atoms with E-state index in [0.717, 1.165) is 10.9 Å². The van der Waals surface area contributed by atoms with Gasteiger partial charge in [-0.05, 0) is 30.3 Å². The molecule has 0 aliphatic rings. The lowest BCUT2D eigenvalue weighted by Gasteiger charge is -1.96. The van der Waals surface area contributed by atoms with E-state index in [9.17, 15) is 10.2 Å². The van der Waals surface area contributed by atoms with E-state index in [0.29, 0.717) is 11.3 Å². The molecule has 4 heteroatoms. The van der Waals surface area contributed by atoms with Crippen molar-refractivity contribution in [1.29, 1.82) is 0 Å². The van der Waals surface area contributed by atoms with E-state index in [2.05, 4.69) is 0 Å². The molecule has 2 N–H and O–H groups in total. The number of phenolic OH excluding ortho intramolecular Hbond substituents is 1. The van der Waals surface area contributed by atoms with Crippen molar-refractivity contribution < 1.29 is 27.0 Å². The number of para-hydroxylation sites is 1. The van der Waals surface area contributed by atoms with Crippen LogP contribution in [0.2, 0.25) is 0 Å². The Morgan fingerprint density at radius 1 is 0.842 bits per heavy atom. The zero-order valence-corrected chi connectivity index (χ0v) is 10.6. The SMILES string of the molecule is Oc1ccc(-c2[o+]c3ccccc3cc2O)cc1.[Cl-]. The Hall–Kier alpha value is -2.26. The van der Waals surface area contributed by atoms with Crippen LogP contribution in [0.5, 0.6) is 11.5 Å². The molecule has 0 aliphatic heterocycles. The first-order chi connectivity index (χ1) is 8.74. The van der Waals surface area contributed by atoms with E-state index in [-0.39, 0.29) is 23.9 Å². The van der Waals surface area contributed by atoms with E-state index < -0.39 is 0 Å². The Morgan fingerprint density at radius 2 is 1.53 bits per heavy atom. The number of halogens is 1. The number of hydrogen-bond donors (Lipinski definition) is 2. The summed E-state index contributed by atoms with van der Waals surface area (Å²) in [5.41, 5.74) is 1.43. The summed E-state index contributed by atoms with van der Waals surface area (Å²) < 4.78 is 5.69. The number of aromatic hydroxyl groups is 2. The van der Waals surface area contributed by atoms with Gasteiger partial charge >= 0.3 is 11.3 Å². The monoisotopic (exact) mass is 274 g/mol. The van der Waals surface area contributed by atoms with Gasteiger partial charge in [0.05, 0.1) is 10.9 Å². The Labute approximate surface area is 116 Å². The average Bonchev–Trinajstić information content (AvgIpc) is 2.39. The van der Waals surface area contributed by atoms with Crippen LogP contribution in [0.15, 0.2) is 59.0 Å². The van der Waals surface area contributed by atoms with Gasteiger partial charge in [0, 0.05) is 12.1 Å². The number of fused-ring (bicyclic) bond motifs is 1. The van der Waals surface area contributed by atoms with Gasteiger partial charge in [0.15, 0.2) is 0 Å². The van der Waals surface area contributed by atoms with Crippen molar-refractivity contribution in [1.82, 2.24) is 0 Å². The summed E-state index contributed by atoms with van der Waals surface area (Å²) >= 11 is 0.